The van der Waals surface area contributed by atoms with Crippen LogP contribution in [-0.4, -0.2) is 50.3 Å². The Morgan fingerprint density at radius 2 is 1.39 bits per heavy atom. The Morgan fingerprint density at radius 3 is 1.89 bits per heavy atom. The van der Waals surface area contributed by atoms with Crippen LogP contribution in [0.4, 0.5) is 0 Å². The van der Waals surface area contributed by atoms with Gasteiger partial charge in [-0.15, -0.1) is 0 Å². The predicted octanol–water partition coefficient (Wildman–Crippen LogP) is 6.43. The molecule has 36 heavy (non-hydrogen) atoms. The van der Waals surface area contributed by atoms with E-state index >= 15 is 0 Å². The number of rotatable bonds is 22. The number of nitrogens with one attached hydrogen (secondary N) is 1. The van der Waals surface area contributed by atoms with Crippen LogP contribution >= 0.6 is 7.52 Å². The van der Waals surface area contributed by atoms with Crippen LogP contribution in [0, 0.1) is 0 Å². The number of carbonyl (C=O) groups excluding carboxylic acids is 1. The number of hydrogen-bond acceptors (Lipinski definition) is 4. The molecule has 0 saturated carbocycles. The zero-order valence-electron chi connectivity index (χ0n) is 23.5. The van der Waals surface area contributed by atoms with E-state index < -0.39 is 13.6 Å². The van der Waals surface area contributed by atoms with Crippen molar-refractivity contribution in [2.45, 2.75) is 109 Å². The number of likely N-dealkylation sites (N-methyl/N-ethyl adjacent to an activating group) is 1. The van der Waals surface area contributed by atoms with E-state index in [1.54, 1.807) is 0 Å². The standard InChI is InChI=1S/C29H53N2O4P/c1-5-6-7-8-9-10-11-12-13-14-15-16-20-23-36(33,34)30-28(25-31(2,3)4)24-29(32)35-26-27-21-18-17-19-22-27/h17-19,21-22,28H,5-16,20,23-26H2,1-4H3,(H-,30,33,34). The highest BCUT2D eigenvalue weighted by Gasteiger charge is 2.25. The van der Waals surface area contributed by atoms with Gasteiger partial charge in [-0.1, -0.05) is 114 Å². The van der Waals surface area contributed by atoms with Crippen LogP contribution in [0.5, 0.6) is 0 Å². The first-order valence-electron chi connectivity index (χ1n) is 14.2. The van der Waals surface area contributed by atoms with Crippen molar-refractivity contribution in [2.24, 2.45) is 0 Å². The zero-order valence-corrected chi connectivity index (χ0v) is 24.4. The summed E-state index contributed by atoms with van der Waals surface area (Å²) in [6.07, 6.45) is 16.1. The van der Waals surface area contributed by atoms with E-state index in [4.69, 9.17) is 4.74 Å². The molecule has 1 aromatic rings. The van der Waals surface area contributed by atoms with Crippen molar-refractivity contribution in [3.63, 3.8) is 0 Å². The monoisotopic (exact) mass is 524 g/mol. The van der Waals surface area contributed by atoms with E-state index in [9.17, 15) is 14.3 Å². The van der Waals surface area contributed by atoms with Crippen molar-refractivity contribution < 1.29 is 23.5 Å². The van der Waals surface area contributed by atoms with Crippen LogP contribution in [0.25, 0.3) is 0 Å². The van der Waals surface area contributed by atoms with Gasteiger partial charge in [0.2, 0.25) is 0 Å². The van der Waals surface area contributed by atoms with Crippen molar-refractivity contribution in [1.29, 1.82) is 0 Å². The Kier molecular flexibility index (Phi) is 17.3. The van der Waals surface area contributed by atoms with Crippen LogP contribution in [0.3, 0.4) is 0 Å². The van der Waals surface area contributed by atoms with E-state index in [2.05, 4.69) is 12.0 Å². The SMILES string of the molecule is CCCCCCCCCCCCCCCP(=O)([O-])NC(CC(=O)OCc1ccccc1)C[N+](C)(C)C. The third-order valence-corrected chi connectivity index (χ3v) is 8.02. The molecule has 1 N–H and O–H groups in total. The topological polar surface area (TPSA) is 78.5 Å². The Hall–Kier alpha value is -1.20. The first kappa shape index (κ1) is 32.8. The second kappa shape index (κ2) is 19.0. The summed E-state index contributed by atoms with van der Waals surface area (Å²) in [5, 5.41) is 2.81. The fourth-order valence-electron chi connectivity index (χ4n) is 4.49. The van der Waals surface area contributed by atoms with Crippen molar-refractivity contribution in [1.82, 2.24) is 5.09 Å². The smallest absolute Gasteiger partial charge is 0.307 e. The number of benzene rings is 1. The maximum atomic E-state index is 12.7. The molecule has 0 fully saturated rings. The van der Waals surface area contributed by atoms with Crippen LogP contribution in [0.15, 0.2) is 30.3 Å². The molecule has 208 valence electrons. The maximum Gasteiger partial charge on any atom is 0.307 e. The Bertz CT molecular complexity index is 737. The molecule has 1 rings (SSSR count). The molecule has 2 unspecified atom stereocenters. The summed E-state index contributed by atoms with van der Waals surface area (Å²) in [5.41, 5.74) is 0.916. The van der Waals surface area contributed by atoms with Gasteiger partial charge in [-0.05, 0) is 12.0 Å². The molecule has 0 aromatic heterocycles. The number of hydrogen-bond donors (Lipinski definition) is 1. The highest BCUT2D eigenvalue weighted by atomic mass is 31.2. The molecule has 0 aliphatic carbocycles. The number of carbonyl (C=O) groups is 1. The van der Waals surface area contributed by atoms with Gasteiger partial charge >= 0.3 is 5.97 Å². The fraction of sp³-hybridized carbons (Fsp3) is 0.759. The van der Waals surface area contributed by atoms with Gasteiger partial charge in [0.15, 0.2) is 0 Å². The highest BCUT2D eigenvalue weighted by molar-refractivity contribution is 7.54. The van der Waals surface area contributed by atoms with Gasteiger partial charge in [-0.3, -0.25) is 9.88 Å². The highest BCUT2D eigenvalue weighted by Crippen LogP contribution is 2.33. The van der Waals surface area contributed by atoms with Crippen molar-refractivity contribution in [2.75, 3.05) is 33.8 Å². The van der Waals surface area contributed by atoms with E-state index in [0.29, 0.717) is 17.4 Å². The second-order valence-corrected chi connectivity index (χ2v) is 13.3. The molecule has 7 heteroatoms. The third-order valence-electron chi connectivity index (χ3n) is 6.36. The summed E-state index contributed by atoms with van der Waals surface area (Å²) in [5.74, 6) is -0.384. The Morgan fingerprint density at radius 1 is 0.889 bits per heavy atom. The lowest BCUT2D eigenvalue weighted by Gasteiger charge is -2.34. The lowest BCUT2D eigenvalue weighted by molar-refractivity contribution is -0.871. The van der Waals surface area contributed by atoms with Crippen molar-refractivity contribution >= 4 is 13.5 Å². The minimum Gasteiger partial charge on any atom is -0.788 e. The van der Waals surface area contributed by atoms with Gasteiger partial charge in [0.25, 0.3) is 0 Å². The van der Waals surface area contributed by atoms with Crippen LogP contribution in [-0.2, 0) is 20.7 Å². The largest absolute Gasteiger partial charge is 0.788 e. The number of esters is 1. The van der Waals surface area contributed by atoms with Gasteiger partial charge in [-0.25, -0.2) is 0 Å². The number of quaternary nitrogens is 1. The molecule has 0 bridgehead atoms. The molecule has 6 nitrogen and oxygen atoms in total. The van der Waals surface area contributed by atoms with Gasteiger partial charge in [0.05, 0.1) is 47.7 Å². The zero-order chi connectivity index (χ0) is 26.7. The van der Waals surface area contributed by atoms with E-state index in [1.165, 1.54) is 64.2 Å². The summed E-state index contributed by atoms with van der Waals surface area (Å²) < 4.78 is 18.7. The van der Waals surface area contributed by atoms with Crippen molar-refractivity contribution in [3.05, 3.63) is 35.9 Å². The lowest BCUT2D eigenvalue weighted by atomic mass is 10.1. The average molecular weight is 525 g/mol. The molecule has 0 radical (unpaired) electrons. The normalized spacial score (nSPS) is 14.4. The summed E-state index contributed by atoms with van der Waals surface area (Å²) >= 11 is 0. The van der Waals surface area contributed by atoms with E-state index in [1.807, 2.05) is 51.5 Å². The molecule has 0 heterocycles. The molecule has 0 aliphatic rings. The van der Waals surface area contributed by atoms with Gasteiger partial charge < -0.3 is 18.7 Å². The van der Waals surface area contributed by atoms with Gasteiger partial charge in [-0.2, -0.15) is 0 Å². The molecule has 0 amide bonds. The predicted molar refractivity (Wildman–Crippen MR) is 149 cm³/mol. The number of nitrogens with zero attached hydrogens (tertiary/aromatic N) is 1. The number of ether oxygens (including phenoxy) is 1. The van der Waals surface area contributed by atoms with Gasteiger partial charge in [0, 0.05) is 6.16 Å². The van der Waals surface area contributed by atoms with Crippen LogP contribution in [0.1, 0.15) is 102 Å². The fourth-order valence-corrected chi connectivity index (χ4v) is 5.99. The quantitative estimate of drug-likeness (QED) is 0.0818. The molecule has 0 saturated heterocycles. The number of unbranched alkanes of at least 4 members (excludes halogenated alkanes) is 12. The van der Waals surface area contributed by atoms with Crippen molar-refractivity contribution in [3.8, 4) is 0 Å². The molecule has 2 atom stereocenters. The van der Waals surface area contributed by atoms with Crippen LogP contribution in [0.2, 0.25) is 0 Å². The Balaban J connectivity index is 2.27. The summed E-state index contributed by atoms with van der Waals surface area (Å²) in [4.78, 5) is 25.2. The first-order valence-corrected chi connectivity index (χ1v) is 16.0. The summed E-state index contributed by atoms with van der Waals surface area (Å²) in [7, 11) is 2.21. The minimum absolute atomic E-state index is 0.0349. The minimum atomic E-state index is -3.77. The van der Waals surface area contributed by atoms with Gasteiger partial charge in [0.1, 0.15) is 6.61 Å². The molecule has 0 aliphatic heterocycles. The maximum absolute atomic E-state index is 12.7. The molecular formula is C29H53N2O4P. The molecule has 1 aromatic carbocycles. The van der Waals surface area contributed by atoms with Crippen LogP contribution < -0.4 is 9.98 Å². The molecular weight excluding hydrogens is 471 g/mol. The third kappa shape index (κ3) is 19.0. The Labute approximate surface area is 221 Å². The molecule has 0 spiro atoms. The van der Waals surface area contributed by atoms with E-state index in [-0.39, 0.29) is 25.2 Å². The summed E-state index contributed by atoms with van der Waals surface area (Å²) in [6, 6.07) is 9.03. The van der Waals surface area contributed by atoms with E-state index in [0.717, 1.165) is 18.4 Å². The second-order valence-electron chi connectivity index (χ2n) is 11.3. The lowest BCUT2D eigenvalue weighted by Crippen LogP contribution is -2.48. The first-order chi connectivity index (χ1) is 17.1. The average Bonchev–Trinajstić information content (AvgIpc) is 2.80. The summed E-state index contributed by atoms with van der Waals surface area (Å²) in [6.45, 7) is 2.97.